The van der Waals surface area contributed by atoms with Crippen LogP contribution in [0.5, 0.6) is 0 Å². The minimum Gasteiger partial charge on any atom is -0.324 e. The lowest BCUT2D eigenvalue weighted by atomic mass is 10.1. The van der Waals surface area contributed by atoms with Crippen LogP contribution in [-0.2, 0) is 9.59 Å². The Morgan fingerprint density at radius 1 is 1.43 bits per heavy atom. The van der Waals surface area contributed by atoms with Crippen LogP contribution in [0, 0.1) is 13.8 Å². The number of amides is 2. The fourth-order valence-corrected chi connectivity index (χ4v) is 4.53. The molecule has 2 heterocycles. The van der Waals surface area contributed by atoms with Gasteiger partial charge in [0.25, 0.3) is 0 Å². The lowest BCUT2D eigenvalue weighted by molar-refractivity contribution is -0.135. The van der Waals surface area contributed by atoms with E-state index in [1.54, 1.807) is 16.7 Å². The lowest BCUT2D eigenvalue weighted by Crippen LogP contribution is -2.48. The van der Waals surface area contributed by atoms with Gasteiger partial charge in [-0.2, -0.15) is 0 Å². The highest BCUT2D eigenvalue weighted by atomic mass is 32.2. The number of hydrogen-bond acceptors (Lipinski definition) is 3. The van der Waals surface area contributed by atoms with E-state index in [4.69, 9.17) is 0 Å². The second-order valence-electron chi connectivity index (χ2n) is 6.07. The topological polar surface area (TPSA) is 49.4 Å². The first-order valence-electron chi connectivity index (χ1n) is 7.25. The van der Waals surface area contributed by atoms with Crippen LogP contribution in [0.2, 0.25) is 0 Å². The van der Waals surface area contributed by atoms with Crippen molar-refractivity contribution >= 4 is 29.3 Å². The summed E-state index contributed by atoms with van der Waals surface area (Å²) in [4.78, 5) is 26.3. The predicted molar refractivity (Wildman–Crippen MR) is 85.3 cm³/mol. The summed E-state index contributed by atoms with van der Waals surface area (Å²) >= 11 is 1.72. The van der Waals surface area contributed by atoms with Crippen LogP contribution < -0.4 is 5.32 Å². The van der Waals surface area contributed by atoms with E-state index in [2.05, 4.69) is 12.2 Å². The third-order valence-corrected chi connectivity index (χ3v) is 5.90. The number of carbonyl (C=O) groups is 2. The molecule has 0 aliphatic carbocycles. The highest BCUT2D eigenvalue weighted by Crippen LogP contribution is 2.47. The average Bonchev–Trinajstić information content (AvgIpc) is 2.91. The van der Waals surface area contributed by atoms with Crippen LogP contribution in [0.4, 0.5) is 5.69 Å². The molecule has 0 bridgehead atoms. The SMILES string of the molecule is Cc1ccc(C)c(NC(=O)C2CSC3(C)CCC(=O)N23)c1. The number of carbonyl (C=O) groups excluding carboxylic acids is 2. The molecule has 2 aliphatic heterocycles. The van der Waals surface area contributed by atoms with Crippen LogP contribution in [0.3, 0.4) is 0 Å². The summed E-state index contributed by atoms with van der Waals surface area (Å²) in [5, 5.41) is 3.00. The van der Waals surface area contributed by atoms with Gasteiger partial charge in [0.2, 0.25) is 11.8 Å². The molecule has 1 aromatic rings. The number of fused-ring (bicyclic) bond motifs is 1. The van der Waals surface area contributed by atoms with Crippen LogP contribution >= 0.6 is 11.8 Å². The van der Waals surface area contributed by atoms with Crippen molar-refractivity contribution in [1.82, 2.24) is 4.90 Å². The summed E-state index contributed by atoms with van der Waals surface area (Å²) < 4.78 is 0. The van der Waals surface area contributed by atoms with Gasteiger partial charge in [0.15, 0.2) is 0 Å². The molecular formula is C16H20N2O2S. The lowest BCUT2D eigenvalue weighted by Gasteiger charge is -2.30. The summed E-state index contributed by atoms with van der Waals surface area (Å²) in [7, 11) is 0. The number of benzene rings is 1. The Morgan fingerprint density at radius 2 is 2.19 bits per heavy atom. The molecule has 2 aliphatic rings. The van der Waals surface area contributed by atoms with E-state index >= 15 is 0 Å². The molecule has 0 aromatic heterocycles. The smallest absolute Gasteiger partial charge is 0.248 e. The van der Waals surface area contributed by atoms with Crippen molar-refractivity contribution in [2.24, 2.45) is 0 Å². The van der Waals surface area contributed by atoms with Crippen LogP contribution in [-0.4, -0.2) is 33.4 Å². The molecule has 21 heavy (non-hydrogen) atoms. The first kappa shape index (κ1) is 14.4. The predicted octanol–water partition coefficient (Wildman–Crippen LogP) is 2.70. The number of thioether (sulfide) groups is 1. The average molecular weight is 304 g/mol. The van der Waals surface area contributed by atoms with Gasteiger partial charge in [0.05, 0.1) is 4.87 Å². The standard InChI is InChI=1S/C16H20N2O2S/c1-10-4-5-11(2)12(8-10)17-15(20)13-9-21-16(3)7-6-14(19)18(13)16/h4-5,8,13H,6-7,9H2,1-3H3,(H,17,20). The second-order valence-corrected chi connectivity index (χ2v) is 7.57. The maximum Gasteiger partial charge on any atom is 0.248 e. The Labute approximate surface area is 129 Å². The van der Waals surface area contributed by atoms with E-state index in [0.29, 0.717) is 12.2 Å². The summed E-state index contributed by atoms with van der Waals surface area (Å²) in [5.41, 5.74) is 2.99. The summed E-state index contributed by atoms with van der Waals surface area (Å²) in [6.45, 7) is 6.04. The number of hydrogen-bond donors (Lipinski definition) is 1. The minimum atomic E-state index is -0.352. The minimum absolute atomic E-state index is 0.0739. The van der Waals surface area contributed by atoms with Crippen LogP contribution in [0.15, 0.2) is 18.2 Å². The van der Waals surface area contributed by atoms with Gasteiger partial charge >= 0.3 is 0 Å². The molecule has 2 amide bonds. The highest BCUT2D eigenvalue weighted by Gasteiger charge is 2.52. The van der Waals surface area contributed by atoms with E-state index in [1.807, 2.05) is 32.0 Å². The van der Waals surface area contributed by atoms with Gasteiger partial charge in [-0.15, -0.1) is 11.8 Å². The summed E-state index contributed by atoms with van der Waals surface area (Å²) in [5.74, 6) is 0.706. The zero-order valence-electron chi connectivity index (χ0n) is 12.6. The molecule has 0 radical (unpaired) electrons. The van der Waals surface area contributed by atoms with Gasteiger partial charge in [0.1, 0.15) is 6.04 Å². The molecule has 2 atom stereocenters. The normalized spacial score (nSPS) is 27.9. The van der Waals surface area contributed by atoms with Crippen molar-refractivity contribution in [1.29, 1.82) is 0 Å². The molecule has 1 N–H and O–H groups in total. The van der Waals surface area contributed by atoms with Crippen LogP contribution in [0.1, 0.15) is 30.9 Å². The number of aryl methyl sites for hydroxylation is 2. The fraction of sp³-hybridized carbons (Fsp3) is 0.500. The Hall–Kier alpha value is -1.49. The molecule has 1 aromatic carbocycles. The second kappa shape index (κ2) is 5.05. The zero-order chi connectivity index (χ0) is 15.2. The quantitative estimate of drug-likeness (QED) is 0.914. The third-order valence-electron chi connectivity index (χ3n) is 4.40. The first-order valence-corrected chi connectivity index (χ1v) is 8.23. The number of nitrogens with one attached hydrogen (secondary N) is 1. The van der Waals surface area contributed by atoms with Crippen molar-refractivity contribution < 1.29 is 9.59 Å². The number of nitrogens with zero attached hydrogens (tertiary/aromatic N) is 1. The van der Waals surface area contributed by atoms with Gasteiger partial charge in [-0.25, -0.2) is 0 Å². The van der Waals surface area contributed by atoms with Gasteiger partial charge < -0.3 is 10.2 Å². The molecule has 112 valence electrons. The van der Waals surface area contributed by atoms with Gasteiger partial charge in [-0.3, -0.25) is 9.59 Å². The van der Waals surface area contributed by atoms with Crippen molar-refractivity contribution in [3.8, 4) is 0 Å². The van der Waals surface area contributed by atoms with Gasteiger partial charge in [-0.1, -0.05) is 12.1 Å². The Bertz CT molecular complexity index is 616. The van der Waals surface area contributed by atoms with Gasteiger partial charge in [-0.05, 0) is 44.4 Å². The molecule has 0 saturated carbocycles. The Balaban J connectivity index is 1.80. The molecular weight excluding hydrogens is 284 g/mol. The third kappa shape index (κ3) is 2.44. The molecule has 3 rings (SSSR count). The Kier molecular flexibility index (Phi) is 3.48. The van der Waals surface area contributed by atoms with Crippen molar-refractivity contribution in [3.05, 3.63) is 29.3 Å². The molecule has 5 heteroatoms. The molecule has 2 fully saturated rings. The maximum atomic E-state index is 12.6. The number of anilines is 1. The summed E-state index contributed by atoms with van der Waals surface area (Å²) in [6, 6.07) is 5.65. The number of rotatable bonds is 2. The largest absolute Gasteiger partial charge is 0.324 e. The van der Waals surface area contributed by atoms with E-state index in [0.717, 1.165) is 23.2 Å². The molecule has 2 unspecified atom stereocenters. The molecule has 2 saturated heterocycles. The maximum absolute atomic E-state index is 12.6. The monoisotopic (exact) mass is 304 g/mol. The fourth-order valence-electron chi connectivity index (χ4n) is 3.10. The zero-order valence-corrected chi connectivity index (χ0v) is 13.4. The molecule has 0 spiro atoms. The van der Waals surface area contributed by atoms with E-state index < -0.39 is 0 Å². The van der Waals surface area contributed by atoms with Crippen molar-refractivity contribution in [3.63, 3.8) is 0 Å². The van der Waals surface area contributed by atoms with Crippen molar-refractivity contribution in [2.75, 3.05) is 11.1 Å². The van der Waals surface area contributed by atoms with E-state index in [-0.39, 0.29) is 22.7 Å². The van der Waals surface area contributed by atoms with Crippen LogP contribution in [0.25, 0.3) is 0 Å². The summed E-state index contributed by atoms with van der Waals surface area (Å²) in [6.07, 6.45) is 1.39. The highest BCUT2D eigenvalue weighted by molar-refractivity contribution is 8.01. The van der Waals surface area contributed by atoms with E-state index in [9.17, 15) is 9.59 Å². The Morgan fingerprint density at radius 3 is 2.95 bits per heavy atom. The molecule has 4 nitrogen and oxygen atoms in total. The van der Waals surface area contributed by atoms with Gasteiger partial charge in [0, 0.05) is 17.9 Å². The van der Waals surface area contributed by atoms with Crippen molar-refractivity contribution in [2.45, 2.75) is 44.5 Å². The first-order chi connectivity index (χ1) is 9.90. The van der Waals surface area contributed by atoms with E-state index in [1.165, 1.54) is 0 Å².